The zero-order chi connectivity index (χ0) is 13.9. The molecule has 1 aliphatic rings. The minimum atomic E-state index is -4.19. The molecule has 0 spiro atoms. The Morgan fingerprint density at radius 3 is 2.74 bits per heavy atom. The Balaban J connectivity index is 1.93. The molecule has 0 bridgehead atoms. The quantitative estimate of drug-likeness (QED) is 0.866. The molecule has 6 heteroatoms. The van der Waals surface area contributed by atoms with Crippen LogP contribution in [0.2, 0.25) is 0 Å². The van der Waals surface area contributed by atoms with Gasteiger partial charge in [0.2, 0.25) is 0 Å². The molecule has 1 aliphatic carbocycles. The fourth-order valence-corrected chi connectivity index (χ4v) is 1.66. The van der Waals surface area contributed by atoms with E-state index in [1.54, 1.807) is 12.1 Å². The smallest absolute Gasteiger partial charge is 0.392 e. The number of rotatable bonds is 6. The predicted octanol–water partition coefficient (Wildman–Crippen LogP) is 2.97. The molecule has 0 amide bonds. The maximum atomic E-state index is 12.1. The van der Waals surface area contributed by atoms with E-state index in [0.29, 0.717) is 24.0 Å². The average Bonchev–Trinajstić information content (AvgIpc) is 3.11. The number of hydrogen-bond donors (Lipinski definition) is 1. The topological polar surface area (TPSA) is 34.1 Å². The third-order valence-electron chi connectivity index (χ3n) is 2.85. The molecule has 0 unspecified atom stereocenters. The molecule has 3 nitrogen and oxygen atoms in total. The second-order valence-electron chi connectivity index (χ2n) is 4.77. The van der Waals surface area contributed by atoms with E-state index >= 15 is 0 Å². The molecule has 2 rings (SSSR count). The highest BCUT2D eigenvalue weighted by Gasteiger charge is 2.27. The second kappa shape index (κ2) is 5.77. The standard InChI is InChI=1S/C13H17F3N2O/c1-9-2-5-12(19-7-6-13(14,15)16)11(18-9)8-17-10-3-4-10/h2,5,10,17H,3-4,6-8H2,1H3. The van der Waals surface area contributed by atoms with Crippen molar-refractivity contribution in [3.05, 3.63) is 23.5 Å². The number of aryl methyl sites for hydroxylation is 1. The highest BCUT2D eigenvalue weighted by atomic mass is 19.4. The Labute approximate surface area is 110 Å². The normalized spacial score (nSPS) is 15.6. The highest BCUT2D eigenvalue weighted by molar-refractivity contribution is 5.29. The van der Waals surface area contributed by atoms with Crippen molar-refractivity contribution in [1.29, 1.82) is 0 Å². The van der Waals surface area contributed by atoms with Gasteiger partial charge in [-0.05, 0) is 31.9 Å². The molecule has 0 atom stereocenters. The maximum absolute atomic E-state index is 12.1. The largest absolute Gasteiger partial charge is 0.491 e. The van der Waals surface area contributed by atoms with E-state index in [-0.39, 0.29) is 6.61 Å². The minimum Gasteiger partial charge on any atom is -0.491 e. The molecule has 1 aromatic rings. The summed E-state index contributed by atoms with van der Waals surface area (Å²) in [6, 6.07) is 3.94. The summed E-state index contributed by atoms with van der Waals surface area (Å²) >= 11 is 0. The fourth-order valence-electron chi connectivity index (χ4n) is 1.66. The van der Waals surface area contributed by atoms with Gasteiger partial charge < -0.3 is 10.1 Å². The molecule has 1 heterocycles. The maximum Gasteiger partial charge on any atom is 0.392 e. The van der Waals surface area contributed by atoms with Crippen molar-refractivity contribution < 1.29 is 17.9 Å². The van der Waals surface area contributed by atoms with E-state index in [1.807, 2.05) is 6.92 Å². The van der Waals surface area contributed by atoms with Crippen molar-refractivity contribution in [3.63, 3.8) is 0 Å². The van der Waals surface area contributed by atoms with Crippen LogP contribution in [0.1, 0.15) is 30.7 Å². The SMILES string of the molecule is Cc1ccc(OCCC(F)(F)F)c(CNC2CC2)n1. The van der Waals surface area contributed by atoms with E-state index in [4.69, 9.17) is 4.74 Å². The lowest BCUT2D eigenvalue weighted by atomic mass is 10.2. The number of pyridine rings is 1. The molecule has 19 heavy (non-hydrogen) atoms. The summed E-state index contributed by atoms with van der Waals surface area (Å²) in [5.74, 6) is 0.433. The Kier molecular flexibility index (Phi) is 4.29. The van der Waals surface area contributed by atoms with Crippen LogP contribution in [0.3, 0.4) is 0 Å². The van der Waals surface area contributed by atoms with Crippen LogP contribution in [0.15, 0.2) is 12.1 Å². The van der Waals surface area contributed by atoms with Crippen LogP contribution >= 0.6 is 0 Å². The molecular weight excluding hydrogens is 257 g/mol. The van der Waals surface area contributed by atoms with Gasteiger partial charge in [-0.3, -0.25) is 4.98 Å². The lowest BCUT2D eigenvalue weighted by molar-refractivity contribution is -0.139. The zero-order valence-electron chi connectivity index (χ0n) is 10.8. The van der Waals surface area contributed by atoms with Crippen molar-refractivity contribution in [2.75, 3.05) is 6.61 Å². The van der Waals surface area contributed by atoms with E-state index < -0.39 is 12.6 Å². The van der Waals surface area contributed by atoms with Gasteiger partial charge in [0.15, 0.2) is 0 Å². The lowest BCUT2D eigenvalue weighted by Crippen LogP contribution is -2.18. The molecule has 1 saturated carbocycles. The molecule has 1 aromatic heterocycles. The molecule has 0 radical (unpaired) electrons. The number of aromatic nitrogens is 1. The summed E-state index contributed by atoms with van der Waals surface area (Å²) in [4.78, 5) is 4.32. The number of nitrogens with one attached hydrogen (secondary N) is 1. The monoisotopic (exact) mass is 274 g/mol. The third kappa shape index (κ3) is 5.06. The Hall–Kier alpha value is -1.30. The van der Waals surface area contributed by atoms with Crippen LogP contribution in [0.4, 0.5) is 13.2 Å². The van der Waals surface area contributed by atoms with Gasteiger partial charge in [0.05, 0.1) is 18.7 Å². The van der Waals surface area contributed by atoms with E-state index in [2.05, 4.69) is 10.3 Å². The van der Waals surface area contributed by atoms with Crippen LogP contribution in [0, 0.1) is 6.92 Å². The first kappa shape index (κ1) is 14.1. The van der Waals surface area contributed by atoms with Gasteiger partial charge in [-0.1, -0.05) is 0 Å². The van der Waals surface area contributed by atoms with Crippen molar-refractivity contribution in [2.24, 2.45) is 0 Å². The van der Waals surface area contributed by atoms with Gasteiger partial charge in [-0.2, -0.15) is 13.2 Å². The summed E-state index contributed by atoms with van der Waals surface area (Å²) in [6.45, 7) is 2.01. The first-order chi connectivity index (χ1) is 8.94. The molecule has 0 aliphatic heterocycles. The number of hydrogen-bond acceptors (Lipinski definition) is 3. The average molecular weight is 274 g/mol. The highest BCUT2D eigenvalue weighted by Crippen LogP contribution is 2.24. The van der Waals surface area contributed by atoms with E-state index in [1.165, 1.54) is 0 Å². The molecule has 106 valence electrons. The summed E-state index contributed by atoms with van der Waals surface area (Å²) in [5, 5.41) is 3.28. The summed E-state index contributed by atoms with van der Waals surface area (Å²) in [5.41, 5.74) is 1.50. The Bertz CT molecular complexity index is 430. The summed E-state index contributed by atoms with van der Waals surface area (Å²) in [6.07, 6.45) is -2.84. The molecule has 1 fully saturated rings. The van der Waals surface area contributed by atoms with E-state index in [9.17, 15) is 13.2 Å². The summed E-state index contributed by atoms with van der Waals surface area (Å²) < 4.78 is 41.4. The lowest BCUT2D eigenvalue weighted by Gasteiger charge is -2.13. The zero-order valence-corrected chi connectivity index (χ0v) is 10.8. The number of alkyl halides is 3. The van der Waals surface area contributed by atoms with Gasteiger partial charge in [0.25, 0.3) is 0 Å². The van der Waals surface area contributed by atoms with Gasteiger partial charge in [-0.25, -0.2) is 0 Å². The molecule has 1 N–H and O–H groups in total. The Morgan fingerprint density at radius 1 is 1.37 bits per heavy atom. The number of ether oxygens (including phenoxy) is 1. The second-order valence-corrected chi connectivity index (χ2v) is 4.77. The molecular formula is C13H17F3N2O. The van der Waals surface area contributed by atoms with Gasteiger partial charge in [0.1, 0.15) is 5.75 Å². The number of nitrogens with zero attached hydrogens (tertiary/aromatic N) is 1. The molecule has 0 aromatic carbocycles. The third-order valence-corrected chi connectivity index (χ3v) is 2.85. The first-order valence-electron chi connectivity index (χ1n) is 6.33. The van der Waals surface area contributed by atoms with Crippen LogP contribution in [-0.2, 0) is 6.54 Å². The van der Waals surface area contributed by atoms with Crippen molar-refractivity contribution in [3.8, 4) is 5.75 Å². The van der Waals surface area contributed by atoms with Crippen molar-refractivity contribution in [1.82, 2.24) is 10.3 Å². The van der Waals surface area contributed by atoms with Gasteiger partial charge in [-0.15, -0.1) is 0 Å². The Morgan fingerprint density at radius 2 is 2.11 bits per heavy atom. The van der Waals surface area contributed by atoms with Crippen molar-refractivity contribution in [2.45, 2.75) is 44.9 Å². The van der Waals surface area contributed by atoms with Crippen LogP contribution < -0.4 is 10.1 Å². The van der Waals surface area contributed by atoms with Crippen LogP contribution in [-0.4, -0.2) is 23.8 Å². The van der Waals surface area contributed by atoms with Gasteiger partial charge in [0, 0.05) is 18.3 Å². The first-order valence-corrected chi connectivity index (χ1v) is 6.33. The van der Waals surface area contributed by atoms with Crippen LogP contribution in [0.25, 0.3) is 0 Å². The fraction of sp³-hybridized carbons (Fsp3) is 0.615. The predicted molar refractivity (Wildman–Crippen MR) is 65.0 cm³/mol. The van der Waals surface area contributed by atoms with Gasteiger partial charge >= 0.3 is 6.18 Å². The number of halogens is 3. The van der Waals surface area contributed by atoms with Crippen molar-refractivity contribution >= 4 is 0 Å². The van der Waals surface area contributed by atoms with E-state index in [0.717, 1.165) is 18.5 Å². The summed E-state index contributed by atoms with van der Waals surface area (Å²) in [7, 11) is 0. The molecule has 0 saturated heterocycles. The minimum absolute atomic E-state index is 0.370. The van der Waals surface area contributed by atoms with Crippen LogP contribution in [0.5, 0.6) is 5.75 Å².